The van der Waals surface area contributed by atoms with Crippen LogP contribution in [0.5, 0.6) is 0 Å². The van der Waals surface area contributed by atoms with Crippen LogP contribution in [0.3, 0.4) is 0 Å². The van der Waals surface area contributed by atoms with Gasteiger partial charge >= 0.3 is 0 Å². The molecular formula is C14H18BrNO4S. The quantitative estimate of drug-likeness (QED) is 0.813. The maximum atomic E-state index is 12.9. The molecular weight excluding hydrogens is 358 g/mol. The molecule has 1 aromatic rings. The SMILES string of the molecule is O=S(=O)(c1cccc(Br)c1)N1CCCC[C@H]1C1OCCO1. The number of halogens is 1. The van der Waals surface area contributed by atoms with E-state index in [1.165, 1.54) is 0 Å². The third-order valence-corrected chi connectivity index (χ3v) is 6.28. The third kappa shape index (κ3) is 3.17. The fourth-order valence-corrected chi connectivity index (χ4v) is 5.14. The van der Waals surface area contributed by atoms with E-state index in [4.69, 9.17) is 9.47 Å². The van der Waals surface area contributed by atoms with Crippen molar-refractivity contribution >= 4 is 26.0 Å². The Morgan fingerprint density at radius 2 is 1.95 bits per heavy atom. The number of benzene rings is 1. The summed E-state index contributed by atoms with van der Waals surface area (Å²) >= 11 is 3.33. The number of hydrogen-bond acceptors (Lipinski definition) is 4. The van der Waals surface area contributed by atoms with Crippen LogP contribution in [0.1, 0.15) is 19.3 Å². The van der Waals surface area contributed by atoms with Crippen LogP contribution in [0.15, 0.2) is 33.6 Å². The molecule has 7 heteroatoms. The fourth-order valence-electron chi connectivity index (χ4n) is 2.86. The molecule has 21 heavy (non-hydrogen) atoms. The van der Waals surface area contributed by atoms with Crippen molar-refractivity contribution in [2.24, 2.45) is 0 Å². The predicted octanol–water partition coefficient (Wildman–Crippen LogP) is 2.37. The van der Waals surface area contributed by atoms with Crippen molar-refractivity contribution in [2.45, 2.75) is 36.5 Å². The van der Waals surface area contributed by atoms with E-state index in [1.807, 2.05) is 6.07 Å². The van der Waals surface area contributed by atoms with Crippen LogP contribution < -0.4 is 0 Å². The largest absolute Gasteiger partial charge is 0.349 e. The summed E-state index contributed by atoms with van der Waals surface area (Å²) in [6.45, 7) is 1.58. The molecule has 3 rings (SSSR count). The number of nitrogens with zero attached hydrogens (tertiary/aromatic N) is 1. The second-order valence-corrected chi connectivity index (χ2v) is 8.05. The van der Waals surface area contributed by atoms with Gasteiger partial charge in [0.05, 0.1) is 24.2 Å². The van der Waals surface area contributed by atoms with Gasteiger partial charge in [0.1, 0.15) is 0 Å². The van der Waals surface area contributed by atoms with Gasteiger partial charge in [0.25, 0.3) is 0 Å². The Kier molecular flexibility index (Phi) is 4.66. The van der Waals surface area contributed by atoms with Crippen LogP contribution in [-0.2, 0) is 19.5 Å². The maximum Gasteiger partial charge on any atom is 0.243 e. The summed E-state index contributed by atoms with van der Waals surface area (Å²) < 4.78 is 39.2. The van der Waals surface area contributed by atoms with Gasteiger partial charge in [-0.3, -0.25) is 0 Å². The molecule has 2 aliphatic rings. The molecule has 0 aliphatic carbocycles. The fraction of sp³-hybridized carbons (Fsp3) is 0.571. The van der Waals surface area contributed by atoms with Crippen LogP contribution >= 0.6 is 15.9 Å². The molecule has 0 spiro atoms. The second kappa shape index (κ2) is 6.34. The van der Waals surface area contributed by atoms with Crippen molar-refractivity contribution in [1.29, 1.82) is 0 Å². The molecule has 0 bridgehead atoms. The molecule has 0 amide bonds. The summed E-state index contributed by atoms with van der Waals surface area (Å²) in [5.41, 5.74) is 0. The number of piperidine rings is 1. The highest BCUT2D eigenvalue weighted by Gasteiger charge is 2.40. The highest BCUT2D eigenvalue weighted by molar-refractivity contribution is 9.10. The molecule has 0 aromatic heterocycles. The van der Waals surface area contributed by atoms with Crippen molar-refractivity contribution in [3.63, 3.8) is 0 Å². The lowest BCUT2D eigenvalue weighted by Gasteiger charge is -2.36. The summed E-state index contributed by atoms with van der Waals surface area (Å²) in [5.74, 6) is 0. The topological polar surface area (TPSA) is 55.8 Å². The van der Waals surface area contributed by atoms with Crippen molar-refractivity contribution < 1.29 is 17.9 Å². The van der Waals surface area contributed by atoms with Gasteiger partial charge in [0.2, 0.25) is 10.0 Å². The first-order valence-electron chi connectivity index (χ1n) is 7.10. The summed E-state index contributed by atoms with van der Waals surface area (Å²) in [5, 5.41) is 0. The lowest BCUT2D eigenvalue weighted by Crippen LogP contribution is -2.50. The lowest BCUT2D eigenvalue weighted by atomic mass is 10.0. The molecule has 5 nitrogen and oxygen atoms in total. The third-order valence-electron chi connectivity index (χ3n) is 3.86. The number of hydrogen-bond donors (Lipinski definition) is 0. The van der Waals surface area contributed by atoms with Gasteiger partial charge in [-0.1, -0.05) is 28.4 Å². The Hall–Kier alpha value is -0.470. The van der Waals surface area contributed by atoms with Gasteiger partial charge in [-0.2, -0.15) is 4.31 Å². The van der Waals surface area contributed by atoms with E-state index in [1.54, 1.807) is 22.5 Å². The Morgan fingerprint density at radius 3 is 2.67 bits per heavy atom. The van der Waals surface area contributed by atoms with Crippen molar-refractivity contribution in [3.05, 3.63) is 28.7 Å². The molecule has 0 unspecified atom stereocenters. The Balaban J connectivity index is 1.91. The first-order chi connectivity index (χ1) is 10.1. The molecule has 2 saturated heterocycles. The van der Waals surface area contributed by atoms with Crippen LogP contribution in [-0.4, -0.2) is 44.8 Å². The Bertz CT molecular complexity index is 601. The van der Waals surface area contributed by atoms with E-state index in [-0.39, 0.29) is 6.04 Å². The van der Waals surface area contributed by atoms with Crippen molar-refractivity contribution in [2.75, 3.05) is 19.8 Å². The number of ether oxygens (including phenoxy) is 2. The molecule has 2 aliphatic heterocycles. The molecule has 116 valence electrons. The summed E-state index contributed by atoms with van der Waals surface area (Å²) in [6, 6.07) is 6.58. The zero-order valence-electron chi connectivity index (χ0n) is 11.6. The van der Waals surface area contributed by atoms with Gasteiger partial charge in [0, 0.05) is 11.0 Å². The van der Waals surface area contributed by atoms with Gasteiger partial charge < -0.3 is 9.47 Å². The number of rotatable bonds is 3. The average molecular weight is 376 g/mol. The standard InChI is InChI=1S/C14H18BrNO4S/c15-11-4-3-5-12(10-11)21(17,18)16-7-2-1-6-13(16)14-19-8-9-20-14/h3-5,10,13-14H,1-2,6-9H2/t13-/m0/s1. The van der Waals surface area contributed by atoms with Crippen LogP contribution in [0, 0.1) is 0 Å². The monoisotopic (exact) mass is 375 g/mol. The lowest BCUT2D eigenvalue weighted by molar-refractivity contribution is -0.0913. The highest BCUT2D eigenvalue weighted by atomic mass is 79.9. The summed E-state index contributed by atoms with van der Waals surface area (Å²) in [7, 11) is -3.53. The van der Waals surface area contributed by atoms with E-state index < -0.39 is 16.3 Å². The minimum Gasteiger partial charge on any atom is -0.349 e. The van der Waals surface area contributed by atoms with Crippen LogP contribution in [0.4, 0.5) is 0 Å². The number of sulfonamides is 1. The summed E-state index contributed by atoms with van der Waals surface area (Å²) in [6.07, 6.45) is 2.21. The Labute approximate surface area is 133 Å². The van der Waals surface area contributed by atoms with Crippen LogP contribution in [0.25, 0.3) is 0 Å². The summed E-state index contributed by atoms with van der Waals surface area (Å²) in [4.78, 5) is 0.307. The minimum absolute atomic E-state index is 0.231. The van der Waals surface area contributed by atoms with E-state index in [2.05, 4.69) is 15.9 Å². The van der Waals surface area contributed by atoms with E-state index in [9.17, 15) is 8.42 Å². The Morgan fingerprint density at radius 1 is 1.19 bits per heavy atom. The van der Waals surface area contributed by atoms with Crippen molar-refractivity contribution in [1.82, 2.24) is 4.31 Å². The maximum absolute atomic E-state index is 12.9. The van der Waals surface area contributed by atoms with E-state index in [0.717, 1.165) is 23.7 Å². The molecule has 2 fully saturated rings. The van der Waals surface area contributed by atoms with Gasteiger partial charge in [0.15, 0.2) is 6.29 Å². The minimum atomic E-state index is -3.53. The zero-order chi connectivity index (χ0) is 14.9. The van der Waals surface area contributed by atoms with Gasteiger partial charge in [-0.25, -0.2) is 8.42 Å². The second-order valence-electron chi connectivity index (χ2n) is 5.25. The highest BCUT2D eigenvalue weighted by Crippen LogP contribution is 2.30. The van der Waals surface area contributed by atoms with E-state index >= 15 is 0 Å². The first kappa shape index (κ1) is 15.4. The normalized spacial score (nSPS) is 25.3. The first-order valence-corrected chi connectivity index (χ1v) is 9.33. The zero-order valence-corrected chi connectivity index (χ0v) is 14.0. The molecule has 1 aromatic carbocycles. The molecule has 0 N–H and O–H groups in total. The molecule has 1 atom stereocenters. The molecule has 0 radical (unpaired) electrons. The average Bonchev–Trinajstić information content (AvgIpc) is 3.01. The molecule has 2 heterocycles. The predicted molar refractivity (Wildman–Crippen MR) is 81.4 cm³/mol. The van der Waals surface area contributed by atoms with Crippen molar-refractivity contribution in [3.8, 4) is 0 Å². The van der Waals surface area contributed by atoms with Gasteiger partial charge in [-0.15, -0.1) is 0 Å². The van der Waals surface area contributed by atoms with Crippen LogP contribution in [0.2, 0.25) is 0 Å². The smallest absolute Gasteiger partial charge is 0.243 e. The van der Waals surface area contributed by atoms with Gasteiger partial charge in [-0.05, 0) is 31.0 Å². The molecule has 0 saturated carbocycles. The van der Waals surface area contributed by atoms with E-state index in [0.29, 0.717) is 24.7 Å².